The largest absolute Gasteiger partial charge is 0.369 e. The van der Waals surface area contributed by atoms with Crippen molar-refractivity contribution in [3.05, 3.63) is 64.7 Å². The van der Waals surface area contributed by atoms with E-state index >= 15 is 0 Å². The van der Waals surface area contributed by atoms with Gasteiger partial charge in [0.15, 0.2) is 0 Å². The fourth-order valence-electron chi connectivity index (χ4n) is 2.16. The van der Waals surface area contributed by atoms with E-state index in [-0.39, 0.29) is 0 Å². The molecular weight excluding hydrogens is 232 g/mol. The molecule has 0 bridgehead atoms. The van der Waals surface area contributed by atoms with E-state index in [4.69, 9.17) is 5.26 Å². The summed E-state index contributed by atoms with van der Waals surface area (Å²) >= 11 is 0. The van der Waals surface area contributed by atoms with Crippen LogP contribution in [0.25, 0.3) is 0 Å². The molecule has 0 aromatic heterocycles. The van der Waals surface area contributed by atoms with Gasteiger partial charge in [0.25, 0.3) is 0 Å². The second-order valence-electron chi connectivity index (χ2n) is 4.90. The molecule has 19 heavy (non-hydrogen) atoms. The van der Waals surface area contributed by atoms with E-state index in [9.17, 15) is 0 Å². The van der Waals surface area contributed by atoms with Crippen LogP contribution in [0.5, 0.6) is 0 Å². The molecule has 2 rings (SSSR count). The van der Waals surface area contributed by atoms with Crippen molar-refractivity contribution in [2.24, 2.45) is 0 Å². The van der Waals surface area contributed by atoms with Gasteiger partial charge in [0.1, 0.15) is 6.07 Å². The molecule has 0 aliphatic carbocycles. The maximum atomic E-state index is 9.14. The molecule has 0 saturated heterocycles. The Hall–Kier alpha value is -2.27. The number of hydrogen-bond donors (Lipinski definition) is 0. The van der Waals surface area contributed by atoms with Gasteiger partial charge in [-0.05, 0) is 42.7 Å². The number of para-hydroxylation sites is 1. The molecule has 0 amide bonds. The summed E-state index contributed by atoms with van der Waals surface area (Å²) in [5.41, 5.74) is 5.57. The summed E-state index contributed by atoms with van der Waals surface area (Å²) in [6, 6.07) is 16.4. The second-order valence-corrected chi connectivity index (χ2v) is 4.90. The van der Waals surface area contributed by atoms with Crippen molar-refractivity contribution in [1.82, 2.24) is 0 Å². The Morgan fingerprint density at radius 1 is 1.05 bits per heavy atom. The first kappa shape index (κ1) is 13.2. The smallest absolute Gasteiger partial charge is 0.101 e. The molecule has 96 valence electrons. The van der Waals surface area contributed by atoms with Gasteiger partial charge in [-0.3, -0.25) is 0 Å². The first-order valence-corrected chi connectivity index (χ1v) is 6.38. The van der Waals surface area contributed by atoms with Gasteiger partial charge in [-0.1, -0.05) is 30.3 Å². The predicted molar refractivity (Wildman–Crippen MR) is 79.2 cm³/mol. The fourth-order valence-corrected chi connectivity index (χ4v) is 2.16. The number of nitrogens with zero attached hydrogens (tertiary/aromatic N) is 2. The van der Waals surface area contributed by atoms with Crippen molar-refractivity contribution >= 4 is 5.69 Å². The molecular formula is C17H18N2. The van der Waals surface area contributed by atoms with Crippen LogP contribution in [0.1, 0.15) is 22.3 Å². The van der Waals surface area contributed by atoms with Crippen LogP contribution >= 0.6 is 0 Å². The van der Waals surface area contributed by atoms with E-state index in [0.717, 1.165) is 12.2 Å². The van der Waals surface area contributed by atoms with Crippen LogP contribution < -0.4 is 4.90 Å². The predicted octanol–water partition coefficient (Wildman–Crippen LogP) is 3.81. The third-order valence-corrected chi connectivity index (χ3v) is 3.43. The van der Waals surface area contributed by atoms with Crippen molar-refractivity contribution < 1.29 is 0 Å². The molecule has 2 nitrogen and oxygen atoms in total. The first-order valence-electron chi connectivity index (χ1n) is 6.38. The van der Waals surface area contributed by atoms with Crippen LogP contribution in [0.3, 0.4) is 0 Å². The van der Waals surface area contributed by atoms with Crippen LogP contribution in [-0.4, -0.2) is 7.05 Å². The van der Waals surface area contributed by atoms with Gasteiger partial charge in [0.05, 0.1) is 11.3 Å². The Labute approximate surface area is 114 Å². The number of hydrogen-bond acceptors (Lipinski definition) is 2. The lowest BCUT2D eigenvalue weighted by Crippen LogP contribution is -2.17. The lowest BCUT2D eigenvalue weighted by atomic mass is 10.1. The Bertz CT molecular complexity index is 623. The number of nitriles is 1. The summed E-state index contributed by atoms with van der Waals surface area (Å²) in [7, 11) is 2.02. The highest BCUT2D eigenvalue weighted by atomic mass is 15.1. The van der Waals surface area contributed by atoms with Gasteiger partial charge in [-0.2, -0.15) is 5.26 Å². The van der Waals surface area contributed by atoms with Gasteiger partial charge in [-0.25, -0.2) is 0 Å². The Morgan fingerprint density at radius 2 is 1.79 bits per heavy atom. The molecule has 0 atom stereocenters. The van der Waals surface area contributed by atoms with Gasteiger partial charge >= 0.3 is 0 Å². The lowest BCUT2D eigenvalue weighted by Gasteiger charge is -2.21. The van der Waals surface area contributed by atoms with E-state index in [1.807, 2.05) is 31.3 Å². The maximum absolute atomic E-state index is 9.14. The number of benzene rings is 2. The highest BCUT2D eigenvalue weighted by Crippen LogP contribution is 2.20. The lowest BCUT2D eigenvalue weighted by molar-refractivity contribution is 0.918. The van der Waals surface area contributed by atoms with E-state index in [0.29, 0.717) is 5.56 Å². The minimum Gasteiger partial charge on any atom is -0.369 e. The molecule has 0 spiro atoms. The summed E-state index contributed by atoms with van der Waals surface area (Å²) < 4.78 is 0. The van der Waals surface area contributed by atoms with E-state index < -0.39 is 0 Å². The molecule has 0 heterocycles. The standard InChI is InChI=1S/C17H18N2/c1-13-8-9-15(10-14(13)2)12-19(3)17-7-5-4-6-16(17)11-18/h4-10H,12H2,1-3H3. The third-order valence-electron chi connectivity index (χ3n) is 3.43. The van der Waals surface area contributed by atoms with Gasteiger partial charge < -0.3 is 4.90 Å². The van der Waals surface area contributed by atoms with Crippen molar-refractivity contribution in [1.29, 1.82) is 5.26 Å². The number of rotatable bonds is 3. The molecule has 2 aromatic carbocycles. The van der Waals surface area contributed by atoms with E-state index in [1.54, 1.807) is 0 Å². The molecule has 0 aliphatic heterocycles. The molecule has 0 saturated carbocycles. The Morgan fingerprint density at radius 3 is 2.47 bits per heavy atom. The average Bonchev–Trinajstić information content (AvgIpc) is 2.43. The molecule has 2 heteroatoms. The molecule has 0 fully saturated rings. The number of anilines is 1. The fraction of sp³-hybridized carbons (Fsp3) is 0.235. The van der Waals surface area contributed by atoms with Crippen LogP contribution in [0.2, 0.25) is 0 Å². The summed E-state index contributed by atoms with van der Waals surface area (Å²) in [6.07, 6.45) is 0. The van der Waals surface area contributed by atoms with Crippen LogP contribution in [0, 0.1) is 25.2 Å². The zero-order chi connectivity index (χ0) is 13.8. The van der Waals surface area contributed by atoms with E-state index in [1.165, 1.54) is 16.7 Å². The average molecular weight is 250 g/mol. The summed E-state index contributed by atoms with van der Waals surface area (Å²) in [5.74, 6) is 0. The molecule has 2 aromatic rings. The van der Waals surface area contributed by atoms with Gasteiger partial charge in [-0.15, -0.1) is 0 Å². The number of aryl methyl sites for hydroxylation is 2. The zero-order valence-electron chi connectivity index (χ0n) is 11.6. The topological polar surface area (TPSA) is 27.0 Å². The monoisotopic (exact) mass is 250 g/mol. The molecule has 0 N–H and O–H groups in total. The molecule has 0 radical (unpaired) electrons. The van der Waals surface area contributed by atoms with Gasteiger partial charge in [0, 0.05) is 13.6 Å². The molecule has 0 aliphatic rings. The van der Waals surface area contributed by atoms with Crippen LogP contribution in [0.15, 0.2) is 42.5 Å². The molecule has 0 unspecified atom stereocenters. The first-order chi connectivity index (χ1) is 9.11. The highest BCUT2D eigenvalue weighted by Gasteiger charge is 2.07. The zero-order valence-corrected chi connectivity index (χ0v) is 11.6. The van der Waals surface area contributed by atoms with E-state index in [2.05, 4.69) is 43.0 Å². The quantitative estimate of drug-likeness (QED) is 0.828. The van der Waals surface area contributed by atoms with Crippen molar-refractivity contribution in [2.45, 2.75) is 20.4 Å². The van der Waals surface area contributed by atoms with Gasteiger partial charge in [0.2, 0.25) is 0 Å². The van der Waals surface area contributed by atoms with Crippen molar-refractivity contribution in [2.75, 3.05) is 11.9 Å². The van der Waals surface area contributed by atoms with Crippen molar-refractivity contribution in [3.8, 4) is 6.07 Å². The summed E-state index contributed by atoms with van der Waals surface area (Å²) in [4.78, 5) is 2.11. The summed E-state index contributed by atoms with van der Waals surface area (Å²) in [6.45, 7) is 5.05. The summed E-state index contributed by atoms with van der Waals surface area (Å²) in [5, 5.41) is 9.14. The minimum atomic E-state index is 0.717. The Balaban J connectivity index is 2.23. The second kappa shape index (κ2) is 5.58. The van der Waals surface area contributed by atoms with Crippen LogP contribution in [0.4, 0.5) is 5.69 Å². The van der Waals surface area contributed by atoms with Crippen molar-refractivity contribution in [3.63, 3.8) is 0 Å². The Kier molecular flexibility index (Phi) is 3.87. The van der Waals surface area contributed by atoms with Crippen LogP contribution in [-0.2, 0) is 6.54 Å². The third kappa shape index (κ3) is 2.95. The maximum Gasteiger partial charge on any atom is 0.101 e. The highest BCUT2D eigenvalue weighted by molar-refractivity contribution is 5.58. The normalized spacial score (nSPS) is 10.0. The minimum absolute atomic E-state index is 0.717. The SMILES string of the molecule is Cc1ccc(CN(C)c2ccccc2C#N)cc1C.